The number of hydrogen-bond donors (Lipinski definition) is 1. The van der Waals surface area contributed by atoms with Crippen LogP contribution in [-0.4, -0.2) is 26.4 Å². The number of aromatic nitrogens is 1. The van der Waals surface area contributed by atoms with Crippen molar-refractivity contribution in [2.45, 2.75) is 38.0 Å². The van der Waals surface area contributed by atoms with Crippen LogP contribution < -0.4 is 4.74 Å². The molecule has 1 N–H and O–H groups in total. The second-order valence-electron chi connectivity index (χ2n) is 9.71. The number of fused-ring (bicyclic) bond motifs is 3. The van der Waals surface area contributed by atoms with Crippen molar-refractivity contribution >= 4 is 27.7 Å². The summed E-state index contributed by atoms with van der Waals surface area (Å²) in [6.45, 7) is 4.73. The van der Waals surface area contributed by atoms with Gasteiger partial charge in [-0.2, -0.15) is 11.8 Å². The molecule has 4 aromatic rings. The number of thioether (sulfide) groups is 1. The molecule has 2 aliphatic rings. The Bertz CT molecular complexity index is 1440. The van der Waals surface area contributed by atoms with E-state index in [0.717, 1.165) is 28.8 Å². The zero-order chi connectivity index (χ0) is 23.3. The molecule has 0 amide bonds. The van der Waals surface area contributed by atoms with Crippen molar-refractivity contribution in [2.75, 3.05) is 0 Å². The summed E-state index contributed by atoms with van der Waals surface area (Å²) >= 11 is 1.87. The van der Waals surface area contributed by atoms with Gasteiger partial charge in [0.15, 0.2) is 0 Å². The maximum Gasteiger partial charge on any atom is 0.217 e. The predicted molar refractivity (Wildman–Crippen MR) is 138 cm³/mol. The zero-order valence-electron chi connectivity index (χ0n) is 19.5. The van der Waals surface area contributed by atoms with Gasteiger partial charge in [-0.05, 0) is 41.5 Å². The molecule has 4 nitrogen and oxygen atoms in total. The summed E-state index contributed by atoms with van der Waals surface area (Å²) in [5, 5.41) is 12.4. The normalized spacial score (nSPS) is 20.2. The van der Waals surface area contributed by atoms with Crippen molar-refractivity contribution in [1.29, 1.82) is 0 Å². The molecule has 1 aliphatic carbocycles. The van der Waals surface area contributed by atoms with E-state index in [1.807, 2.05) is 48.2 Å². The largest absolute Gasteiger partial charge is 0.506 e. The van der Waals surface area contributed by atoms with Crippen LogP contribution in [0, 0.1) is 11.5 Å². The van der Waals surface area contributed by atoms with Crippen molar-refractivity contribution in [3.63, 3.8) is 0 Å². The van der Waals surface area contributed by atoms with Gasteiger partial charge in [0.1, 0.15) is 11.3 Å². The SMILES string of the molecule is CC1(C)Cc2ccccc2C[C@@H]2N=C(c3[c-]c(Oc4ccc5cccc(O)c5n4)ccc3)S[C@H]21.[Pt]. The van der Waals surface area contributed by atoms with Crippen LogP contribution in [0.3, 0.4) is 0 Å². The Morgan fingerprint density at radius 1 is 0.971 bits per heavy atom. The third-order valence-corrected chi connectivity index (χ3v) is 8.48. The Morgan fingerprint density at radius 3 is 2.63 bits per heavy atom. The van der Waals surface area contributed by atoms with Gasteiger partial charge in [-0.25, -0.2) is 4.98 Å². The van der Waals surface area contributed by atoms with E-state index in [0.29, 0.717) is 22.4 Å². The summed E-state index contributed by atoms with van der Waals surface area (Å²) in [6.07, 6.45) is 2.04. The number of benzene rings is 3. The van der Waals surface area contributed by atoms with E-state index in [1.165, 1.54) is 11.1 Å². The molecule has 0 spiro atoms. The first kappa shape index (κ1) is 24.1. The maximum absolute atomic E-state index is 10.1. The maximum atomic E-state index is 10.1. The van der Waals surface area contributed by atoms with E-state index >= 15 is 0 Å². The van der Waals surface area contributed by atoms with Crippen molar-refractivity contribution in [3.8, 4) is 17.4 Å². The molecule has 1 aromatic heterocycles. The van der Waals surface area contributed by atoms with Crippen LogP contribution in [0.1, 0.15) is 30.5 Å². The number of phenolic OH excluding ortho intramolecular Hbond substituents is 1. The van der Waals surface area contributed by atoms with E-state index in [2.05, 4.69) is 49.2 Å². The van der Waals surface area contributed by atoms with Crippen molar-refractivity contribution in [1.82, 2.24) is 4.98 Å². The molecule has 180 valence electrons. The number of aliphatic imine (C=N–C) groups is 1. The molecule has 0 fully saturated rings. The predicted octanol–water partition coefficient (Wildman–Crippen LogP) is 6.59. The number of pyridine rings is 1. The molecule has 0 bridgehead atoms. The second kappa shape index (κ2) is 9.44. The summed E-state index contributed by atoms with van der Waals surface area (Å²) in [5.74, 6) is 1.14. The average Bonchev–Trinajstić information content (AvgIpc) is 3.22. The second-order valence-corrected chi connectivity index (χ2v) is 10.8. The smallest absolute Gasteiger partial charge is 0.217 e. The Hall–Kier alpha value is -2.62. The first-order valence-corrected chi connectivity index (χ1v) is 12.4. The zero-order valence-corrected chi connectivity index (χ0v) is 22.6. The van der Waals surface area contributed by atoms with Crippen LogP contribution >= 0.6 is 11.8 Å². The monoisotopic (exact) mass is 660 g/mol. The molecular formula is C29H25N2O2PtS-. The number of aromatic hydroxyl groups is 1. The minimum atomic E-state index is 0. The molecule has 0 unspecified atom stereocenters. The van der Waals surface area contributed by atoms with Crippen LogP contribution in [0.4, 0.5) is 0 Å². The Kier molecular flexibility index (Phi) is 6.50. The fourth-order valence-corrected chi connectivity index (χ4v) is 6.47. The standard InChI is InChI=1S/C29H25N2O2S.Pt/c1-29(2)17-21-8-4-3-7-19(21)16-23-27(29)34-28(30-23)20-10-5-11-22(15-20)33-25-14-13-18-9-6-12-24(32)26(18)31-25;/h3-14,23,27,32H,16-17H2,1-2H3;/q-1;/t23-,27+;/m0./s1. The summed E-state index contributed by atoms with van der Waals surface area (Å²) in [7, 11) is 0. The van der Waals surface area contributed by atoms with Crippen LogP contribution in [0.15, 0.2) is 77.8 Å². The third kappa shape index (κ3) is 4.64. The van der Waals surface area contributed by atoms with Crippen LogP contribution in [0.5, 0.6) is 17.4 Å². The van der Waals surface area contributed by atoms with Gasteiger partial charge in [0.05, 0.1) is 6.04 Å². The molecule has 6 rings (SSSR count). The minimum absolute atomic E-state index is 0. The molecule has 3 aromatic carbocycles. The van der Waals surface area contributed by atoms with Crippen molar-refractivity contribution < 1.29 is 30.9 Å². The van der Waals surface area contributed by atoms with Crippen molar-refractivity contribution in [3.05, 3.63) is 95.6 Å². The van der Waals surface area contributed by atoms with Gasteiger partial charge in [-0.15, -0.1) is 23.8 Å². The molecule has 2 atom stereocenters. The summed E-state index contributed by atoms with van der Waals surface area (Å²) in [5.41, 5.74) is 4.48. The molecule has 0 saturated carbocycles. The molecule has 0 saturated heterocycles. The first-order chi connectivity index (χ1) is 16.5. The summed E-state index contributed by atoms with van der Waals surface area (Å²) in [6, 6.07) is 27.4. The number of para-hydroxylation sites is 1. The quantitative estimate of drug-likeness (QED) is 0.252. The van der Waals surface area contributed by atoms with Gasteiger partial charge in [0.25, 0.3) is 0 Å². The van der Waals surface area contributed by atoms with E-state index in [9.17, 15) is 5.11 Å². The molecule has 35 heavy (non-hydrogen) atoms. The van der Waals surface area contributed by atoms with E-state index in [-0.39, 0.29) is 38.3 Å². The van der Waals surface area contributed by atoms with Gasteiger partial charge in [0, 0.05) is 48.6 Å². The fourth-order valence-electron chi connectivity index (χ4n) is 5.07. The van der Waals surface area contributed by atoms with Gasteiger partial charge in [-0.1, -0.05) is 56.3 Å². The summed E-state index contributed by atoms with van der Waals surface area (Å²) in [4.78, 5) is 9.66. The van der Waals surface area contributed by atoms with E-state index in [1.54, 1.807) is 12.1 Å². The van der Waals surface area contributed by atoms with Gasteiger partial charge in [-0.3, -0.25) is 0 Å². The first-order valence-electron chi connectivity index (χ1n) is 11.6. The Morgan fingerprint density at radius 2 is 1.77 bits per heavy atom. The number of rotatable bonds is 3. The average molecular weight is 661 g/mol. The van der Waals surface area contributed by atoms with Crippen molar-refractivity contribution in [2.24, 2.45) is 10.4 Å². The summed E-state index contributed by atoms with van der Waals surface area (Å²) < 4.78 is 6.03. The fraction of sp³-hybridized carbons (Fsp3) is 0.241. The van der Waals surface area contributed by atoms with E-state index < -0.39 is 0 Å². The molecular weight excluding hydrogens is 635 g/mol. The molecule has 2 heterocycles. The Balaban J connectivity index is 0.00000253. The number of hydrogen-bond acceptors (Lipinski definition) is 5. The van der Waals surface area contributed by atoms with Gasteiger partial charge < -0.3 is 14.8 Å². The molecule has 6 heteroatoms. The molecule has 1 aliphatic heterocycles. The third-order valence-electron chi connectivity index (χ3n) is 6.72. The van der Waals surface area contributed by atoms with Gasteiger partial charge >= 0.3 is 0 Å². The van der Waals surface area contributed by atoms with Gasteiger partial charge in [0.2, 0.25) is 5.88 Å². The molecule has 0 radical (unpaired) electrons. The number of phenols is 1. The Labute approximate surface area is 224 Å². The topological polar surface area (TPSA) is 54.7 Å². The van der Waals surface area contributed by atoms with Crippen LogP contribution in [0.25, 0.3) is 10.9 Å². The number of nitrogens with zero attached hydrogens (tertiary/aromatic N) is 2. The number of ether oxygens (including phenoxy) is 1. The van der Waals surface area contributed by atoms with E-state index in [4.69, 9.17) is 9.73 Å². The minimum Gasteiger partial charge on any atom is -0.506 e. The van der Waals surface area contributed by atoms with Crippen LogP contribution in [0.2, 0.25) is 0 Å². The van der Waals surface area contributed by atoms with Crippen LogP contribution in [-0.2, 0) is 33.9 Å².